The number of morpholine rings is 1. The van der Waals surface area contributed by atoms with Crippen LogP contribution in [0.15, 0.2) is 18.2 Å². The molecule has 0 atom stereocenters. The molecule has 0 amide bonds. The predicted octanol–water partition coefficient (Wildman–Crippen LogP) is 1.35. The molecule has 1 aliphatic heterocycles. The number of terminal acetylenes is 1. The highest BCUT2D eigenvalue weighted by Crippen LogP contribution is 2.26. The van der Waals surface area contributed by atoms with Crippen LogP contribution in [0.25, 0.3) is 0 Å². The summed E-state index contributed by atoms with van der Waals surface area (Å²) in [5, 5.41) is 3.02. The fourth-order valence-corrected chi connectivity index (χ4v) is 2.12. The number of carbonyl (C=O) groups excluding carboxylic acids is 1. The fraction of sp³-hybridized carbons (Fsp3) is 0.400. The maximum absolute atomic E-state index is 12.1. The Labute approximate surface area is 118 Å². The van der Waals surface area contributed by atoms with Crippen molar-refractivity contribution in [1.82, 2.24) is 0 Å². The van der Waals surface area contributed by atoms with E-state index in [1.54, 1.807) is 13.1 Å². The zero-order chi connectivity index (χ0) is 14.4. The van der Waals surface area contributed by atoms with Crippen molar-refractivity contribution in [2.45, 2.75) is 0 Å². The third-order valence-electron chi connectivity index (χ3n) is 3.14. The van der Waals surface area contributed by atoms with E-state index in [4.69, 9.17) is 15.9 Å². The molecule has 0 saturated carbocycles. The minimum atomic E-state index is -0.401. The van der Waals surface area contributed by atoms with Gasteiger partial charge in [-0.25, -0.2) is 4.79 Å². The number of esters is 1. The van der Waals surface area contributed by atoms with E-state index in [2.05, 4.69) is 16.1 Å². The van der Waals surface area contributed by atoms with Gasteiger partial charge < -0.3 is 19.7 Å². The summed E-state index contributed by atoms with van der Waals surface area (Å²) >= 11 is 0. The van der Waals surface area contributed by atoms with E-state index < -0.39 is 5.97 Å². The molecule has 1 aromatic rings. The molecule has 5 heteroatoms. The Balaban J connectivity index is 2.29. The van der Waals surface area contributed by atoms with E-state index in [1.165, 1.54) is 0 Å². The zero-order valence-electron chi connectivity index (χ0n) is 11.5. The highest BCUT2D eigenvalue weighted by Gasteiger charge is 2.20. The van der Waals surface area contributed by atoms with E-state index in [0.29, 0.717) is 18.8 Å². The van der Waals surface area contributed by atoms with Crippen LogP contribution < -0.4 is 10.2 Å². The second-order valence-electron chi connectivity index (χ2n) is 4.36. The van der Waals surface area contributed by atoms with Crippen LogP contribution in [-0.4, -0.2) is 45.9 Å². The Hall–Kier alpha value is -2.19. The van der Waals surface area contributed by atoms with Gasteiger partial charge in [-0.1, -0.05) is 5.92 Å². The largest absolute Gasteiger partial charge is 0.449 e. The summed E-state index contributed by atoms with van der Waals surface area (Å²) < 4.78 is 10.4. The molecular weight excluding hydrogens is 256 g/mol. The molecule has 0 unspecified atom stereocenters. The van der Waals surface area contributed by atoms with Crippen LogP contribution in [0, 0.1) is 12.3 Å². The maximum atomic E-state index is 12.1. The molecule has 1 aromatic carbocycles. The molecule has 0 spiro atoms. The lowest BCUT2D eigenvalue weighted by Gasteiger charge is -2.30. The summed E-state index contributed by atoms with van der Waals surface area (Å²) in [6.07, 6.45) is 5.13. The molecular formula is C15H18N2O3. The highest BCUT2D eigenvalue weighted by molar-refractivity contribution is 5.97. The monoisotopic (exact) mass is 274 g/mol. The highest BCUT2D eigenvalue weighted by atomic mass is 16.5. The van der Waals surface area contributed by atoms with Crippen molar-refractivity contribution in [3.63, 3.8) is 0 Å². The number of rotatable bonds is 4. The van der Waals surface area contributed by atoms with Crippen LogP contribution in [-0.2, 0) is 9.47 Å². The average molecular weight is 274 g/mol. The quantitative estimate of drug-likeness (QED) is 0.663. The fourth-order valence-electron chi connectivity index (χ4n) is 2.12. The third-order valence-corrected chi connectivity index (χ3v) is 3.14. The van der Waals surface area contributed by atoms with Gasteiger partial charge in [0.2, 0.25) is 0 Å². The first-order valence-corrected chi connectivity index (χ1v) is 6.51. The number of ether oxygens (including phenoxy) is 2. The van der Waals surface area contributed by atoms with E-state index in [9.17, 15) is 4.79 Å². The molecule has 5 nitrogen and oxygen atoms in total. The van der Waals surface area contributed by atoms with Gasteiger partial charge in [-0.3, -0.25) is 0 Å². The molecule has 106 valence electrons. The molecule has 1 saturated heterocycles. The van der Waals surface area contributed by atoms with Gasteiger partial charge in [-0.05, 0) is 18.2 Å². The van der Waals surface area contributed by atoms with Gasteiger partial charge in [-0.2, -0.15) is 0 Å². The molecule has 2 rings (SSSR count). The van der Waals surface area contributed by atoms with Gasteiger partial charge in [0, 0.05) is 25.8 Å². The minimum absolute atomic E-state index is 0.0227. The number of hydrogen-bond donors (Lipinski definition) is 1. The lowest BCUT2D eigenvalue weighted by atomic mass is 10.1. The summed E-state index contributed by atoms with van der Waals surface area (Å²) in [6.45, 7) is 2.81. The Morgan fingerprint density at radius 1 is 1.50 bits per heavy atom. The maximum Gasteiger partial charge on any atom is 0.341 e. The normalized spacial score (nSPS) is 14.5. The number of nitrogens with one attached hydrogen (secondary N) is 1. The second-order valence-corrected chi connectivity index (χ2v) is 4.36. The lowest BCUT2D eigenvalue weighted by Crippen LogP contribution is -2.37. The standard InChI is InChI=1S/C15H18N2O3/c1-3-8-20-15(18)13-11-12(16-2)4-5-14(13)17-6-9-19-10-7-17/h1,4-5,11,16H,6-10H2,2H3. The summed E-state index contributed by atoms with van der Waals surface area (Å²) in [6, 6.07) is 5.63. The number of hydrogen-bond acceptors (Lipinski definition) is 5. The zero-order valence-corrected chi connectivity index (χ0v) is 11.5. The van der Waals surface area contributed by atoms with Gasteiger partial charge in [0.1, 0.15) is 0 Å². The topological polar surface area (TPSA) is 50.8 Å². The van der Waals surface area contributed by atoms with Crippen LogP contribution in [0.5, 0.6) is 0 Å². The van der Waals surface area contributed by atoms with E-state index in [-0.39, 0.29) is 6.61 Å². The smallest absolute Gasteiger partial charge is 0.341 e. The number of nitrogens with zero attached hydrogens (tertiary/aromatic N) is 1. The number of carbonyl (C=O) groups is 1. The number of benzene rings is 1. The molecule has 0 aromatic heterocycles. The van der Waals surface area contributed by atoms with E-state index >= 15 is 0 Å². The first-order valence-electron chi connectivity index (χ1n) is 6.51. The average Bonchev–Trinajstić information content (AvgIpc) is 2.52. The van der Waals surface area contributed by atoms with E-state index in [0.717, 1.165) is 24.5 Å². The van der Waals surface area contributed by atoms with Gasteiger partial charge in [0.15, 0.2) is 6.61 Å². The molecule has 20 heavy (non-hydrogen) atoms. The predicted molar refractivity (Wildman–Crippen MR) is 78.1 cm³/mol. The lowest BCUT2D eigenvalue weighted by molar-refractivity contribution is 0.0556. The Morgan fingerprint density at radius 3 is 2.90 bits per heavy atom. The first kappa shape index (κ1) is 14.2. The SMILES string of the molecule is C#CCOC(=O)c1cc(NC)ccc1N1CCOCC1. The molecule has 1 fully saturated rings. The summed E-state index contributed by atoms with van der Waals surface area (Å²) in [7, 11) is 1.81. The Kier molecular flexibility index (Phi) is 4.85. The van der Waals surface area contributed by atoms with Crippen LogP contribution in [0.3, 0.4) is 0 Å². The minimum Gasteiger partial charge on any atom is -0.449 e. The van der Waals surface area contributed by atoms with Crippen molar-refractivity contribution < 1.29 is 14.3 Å². The van der Waals surface area contributed by atoms with Crippen molar-refractivity contribution >= 4 is 17.3 Å². The van der Waals surface area contributed by atoms with Crippen molar-refractivity contribution in [2.24, 2.45) is 0 Å². The summed E-state index contributed by atoms with van der Waals surface area (Å²) in [5.41, 5.74) is 2.23. The van der Waals surface area contributed by atoms with Gasteiger partial charge in [0.05, 0.1) is 24.5 Å². The molecule has 0 bridgehead atoms. The van der Waals surface area contributed by atoms with Crippen LogP contribution in [0.4, 0.5) is 11.4 Å². The Bertz CT molecular complexity index is 516. The van der Waals surface area contributed by atoms with Gasteiger partial charge in [-0.15, -0.1) is 6.42 Å². The van der Waals surface area contributed by atoms with Crippen molar-refractivity contribution in [3.05, 3.63) is 23.8 Å². The summed E-state index contributed by atoms with van der Waals surface area (Å²) in [4.78, 5) is 14.3. The first-order chi connectivity index (χ1) is 9.76. The molecule has 1 aliphatic rings. The number of anilines is 2. The van der Waals surface area contributed by atoms with Gasteiger partial charge >= 0.3 is 5.97 Å². The second kappa shape index (κ2) is 6.83. The Morgan fingerprint density at radius 2 is 2.25 bits per heavy atom. The van der Waals surface area contributed by atoms with Crippen molar-refractivity contribution in [1.29, 1.82) is 0 Å². The summed E-state index contributed by atoms with van der Waals surface area (Å²) in [5.74, 6) is 1.90. The molecule has 1 heterocycles. The molecule has 1 N–H and O–H groups in total. The van der Waals surface area contributed by atoms with E-state index in [1.807, 2.05) is 12.1 Å². The molecule has 0 aliphatic carbocycles. The van der Waals surface area contributed by atoms with Crippen LogP contribution >= 0.6 is 0 Å². The van der Waals surface area contributed by atoms with Crippen LogP contribution in [0.1, 0.15) is 10.4 Å². The third kappa shape index (κ3) is 3.22. The van der Waals surface area contributed by atoms with Crippen molar-refractivity contribution in [2.75, 3.05) is 50.2 Å². The van der Waals surface area contributed by atoms with Crippen molar-refractivity contribution in [3.8, 4) is 12.3 Å². The molecule has 0 radical (unpaired) electrons. The van der Waals surface area contributed by atoms with Crippen LogP contribution in [0.2, 0.25) is 0 Å². The van der Waals surface area contributed by atoms with Gasteiger partial charge in [0.25, 0.3) is 0 Å².